The fraction of sp³-hybridized carbons (Fsp3) is 0.224. The van der Waals surface area contributed by atoms with Crippen LogP contribution in [0.25, 0.3) is 45.3 Å². The molecular weight excluding hydrogens is 659 g/mol. The van der Waals surface area contributed by atoms with Gasteiger partial charge in [0.15, 0.2) is 0 Å². The number of hydrogen-bond donors (Lipinski definition) is 3. The van der Waals surface area contributed by atoms with Crippen molar-refractivity contribution in [3.63, 3.8) is 0 Å². The number of aromatic nitrogens is 2. The van der Waals surface area contributed by atoms with Crippen molar-refractivity contribution in [2.45, 2.75) is 63.4 Å². The molecule has 11 rings (SSSR count). The summed E-state index contributed by atoms with van der Waals surface area (Å²) in [6.45, 7) is 0. The Morgan fingerprint density at radius 2 is 1.35 bits per heavy atom. The van der Waals surface area contributed by atoms with Crippen molar-refractivity contribution < 1.29 is 0 Å². The Kier molecular flexibility index (Phi) is 7.79. The molecule has 266 valence electrons. The Morgan fingerprint density at radius 3 is 2.22 bits per heavy atom. The molecule has 0 spiro atoms. The van der Waals surface area contributed by atoms with Crippen molar-refractivity contribution in [3.05, 3.63) is 178 Å². The zero-order chi connectivity index (χ0) is 35.6. The largest absolute Gasteiger partial charge is 0.317 e. The third-order valence-electron chi connectivity index (χ3n) is 12.4. The second-order valence-electron chi connectivity index (χ2n) is 15.5. The first kappa shape index (κ1) is 32.0. The zero-order valence-corrected chi connectivity index (χ0v) is 30.5. The highest BCUT2D eigenvalue weighted by Crippen LogP contribution is 2.39. The Hall–Kier alpha value is -5.46. The van der Waals surface area contributed by atoms with E-state index in [-0.39, 0.29) is 18.5 Å². The average molecular weight is 704 g/mol. The molecular formula is C49H45N5. The van der Waals surface area contributed by atoms with Gasteiger partial charge in [-0.05, 0) is 97.6 Å². The number of fused-ring (bicyclic) bond motifs is 7. The van der Waals surface area contributed by atoms with E-state index >= 15 is 0 Å². The van der Waals surface area contributed by atoms with Gasteiger partial charge in [-0.2, -0.15) is 0 Å². The van der Waals surface area contributed by atoms with Gasteiger partial charge in [-0.25, -0.2) is 0 Å². The summed E-state index contributed by atoms with van der Waals surface area (Å²) in [5, 5.41) is 17.1. The molecule has 5 aliphatic rings. The number of nitrogens with one attached hydrogen (secondary N) is 3. The molecule has 4 atom stereocenters. The third-order valence-corrected chi connectivity index (χ3v) is 12.4. The summed E-state index contributed by atoms with van der Waals surface area (Å²) in [6, 6.07) is 37.8. The number of rotatable bonds is 5. The minimum Gasteiger partial charge on any atom is -0.317 e. The molecule has 4 aliphatic carbocycles. The minimum atomic E-state index is -0.0901. The molecule has 0 bridgehead atoms. The van der Waals surface area contributed by atoms with Crippen molar-refractivity contribution in [3.8, 4) is 5.69 Å². The average Bonchev–Trinajstić information content (AvgIpc) is 3.75. The molecule has 1 saturated heterocycles. The van der Waals surface area contributed by atoms with Gasteiger partial charge in [0.1, 0.15) is 0 Å². The van der Waals surface area contributed by atoms with Crippen molar-refractivity contribution in [2.75, 3.05) is 0 Å². The SMILES string of the molecule is C1=CC(C2NC(c3ccccc3)NC(c3ccccc3-n3c4c(c5ccccc53)=CC3CC(n5c6c(c7ccccc75)CCCC6)=CC=C3C=4)N2)=CCC1. The molecule has 0 saturated carbocycles. The number of para-hydroxylation sites is 3. The monoisotopic (exact) mass is 703 g/mol. The number of allylic oxidation sites excluding steroid dienone is 6. The van der Waals surface area contributed by atoms with Gasteiger partial charge in [0.25, 0.3) is 0 Å². The second-order valence-corrected chi connectivity index (χ2v) is 15.5. The van der Waals surface area contributed by atoms with Crippen LogP contribution in [0, 0.1) is 5.92 Å². The number of aryl methyl sites for hydroxylation is 1. The summed E-state index contributed by atoms with van der Waals surface area (Å²) in [4.78, 5) is 0. The highest BCUT2D eigenvalue weighted by atomic mass is 15.4. The van der Waals surface area contributed by atoms with Crippen LogP contribution in [0.15, 0.2) is 145 Å². The third kappa shape index (κ3) is 5.25. The molecule has 0 amide bonds. The highest BCUT2D eigenvalue weighted by molar-refractivity contribution is 5.90. The van der Waals surface area contributed by atoms with E-state index in [1.54, 1.807) is 5.56 Å². The molecule has 5 heteroatoms. The lowest BCUT2D eigenvalue weighted by molar-refractivity contribution is 0.223. The quantitative estimate of drug-likeness (QED) is 0.169. The molecule has 0 radical (unpaired) electrons. The van der Waals surface area contributed by atoms with Gasteiger partial charge in [0, 0.05) is 38.9 Å². The maximum atomic E-state index is 3.97. The van der Waals surface area contributed by atoms with Crippen molar-refractivity contribution >= 4 is 39.7 Å². The predicted octanol–water partition coefficient (Wildman–Crippen LogP) is 8.61. The topological polar surface area (TPSA) is 46.0 Å². The van der Waals surface area contributed by atoms with Gasteiger partial charge in [0.05, 0.1) is 40.6 Å². The Bertz CT molecular complexity index is 2700. The number of hydrogen-bond acceptors (Lipinski definition) is 3. The first-order valence-corrected chi connectivity index (χ1v) is 19.9. The van der Waals surface area contributed by atoms with Crippen LogP contribution in [0.1, 0.15) is 66.8 Å². The summed E-state index contributed by atoms with van der Waals surface area (Å²) in [6.07, 6.45) is 24.8. The van der Waals surface area contributed by atoms with Crippen LogP contribution in [0.4, 0.5) is 0 Å². The summed E-state index contributed by atoms with van der Waals surface area (Å²) >= 11 is 0. The van der Waals surface area contributed by atoms with Crippen LogP contribution in [0.2, 0.25) is 0 Å². The first-order valence-electron chi connectivity index (χ1n) is 19.9. The van der Waals surface area contributed by atoms with Gasteiger partial charge >= 0.3 is 0 Å². The second kappa shape index (κ2) is 13.1. The van der Waals surface area contributed by atoms with E-state index < -0.39 is 0 Å². The van der Waals surface area contributed by atoms with Gasteiger partial charge in [-0.1, -0.05) is 115 Å². The molecule has 54 heavy (non-hydrogen) atoms. The fourth-order valence-corrected chi connectivity index (χ4v) is 9.88. The van der Waals surface area contributed by atoms with Crippen molar-refractivity contribution in [2.24, 2.45) is 5.92 Å². The van der Waals surface area contributed by atoms with E-state index in [4.69, 9.17) is 0 Å². The molecule has 3 N–H and O–H groups in total. The number of benzene rings is 4. The van der Waals surface area contributed by atoms with E-state index in [1.165, 1.54) is 91.0 Å². The zero-order valence-electron chi connectivity index (χ0n) is 30.5. The highest BCUT2D eigenvalue weighted by Gasteiger charge is 2.32. The molecule has 1 aliphatic heterocycles. The van der Waals surface area contributed by atoms with Crippen LogP contribution < -0.4 is 26.5 Å². The lowest BCUT2D eigenvalue weighted by atomic mass is 9.85. The van der Waals surface area contributed by atoms with E-state index in [1.807, 2.05) is 0 Å². The molecule has 4 aromatic carbocycles. The van der Waals surface area contributed by atoms with Gasteiger partial charge in [-0.3, -0.25) is 16.0 Å². The lowest BCUT2D eigenvalue weighted by Crippen LogP contribution is -2.59. The van der Waals surface area contributed by atoms with E-state index in [0.29, 0.717) is 5.92 Å². The van der Waals surface area contributed by atoms with E-state index in [9.17, 15) is 0 Å². The smallest absolute Gasteiger partial charge is 0.0885 e. The van der Waals surface area contributed by atoms with E-state index in [2.05, 4.69) is 171 Å². The first-order chi connectivity index (χ1) is 26.8. The minimum absolute atomic E-state index is 0.0124. The van der Waals surface area contributed by atoms with Gasteiger partial charge in [0.2, 0.25) is 0 Å². The van der Waals surface area contributed by atoms with Crippen LogP contribution in [0.5, 0.6) is 0 Å². The van der Waals surface area contributed by atoms with Crippen LogP contribution in [0.3, 0.4) is 0 Å². The van der Waals surface area contributed by atoms with Crippen LogP contribution in [-0.2, 0) is 12.8 Å². The molecule has 1 fully saturated rings. The number of nitrogens with zero attached hydrogens (tertiary/aromatic N) is 2. The molecule has 4 unspecified atom stereocenters. The van der Waals surface area contributed by atoms with Crippen molar-refractivity contribution in [1.82, 2.24) is 25.1 Å². The Labute approximate surface area is 316 Å². The van der Waals surface area contributed by atoms with Gasteiger partial charge in [-0.15, -0.1) is 0 Å². The van der Waals surface area contributed by atoms with Gasteiger partial charge < -0.3 is 9.13 Å². The normalized spacial score (nSPS) is 23.4. The molecule has 2 aromatic heterocycles. The predicted molar refractivity (Wildman–Crippen MR) is 222 cm³/mol. The standard InChI is InChI=1S/C49H45N5/c1-3-15-32(16-4-1)47-50-48(33-17-5-2-6-18-33)52-49(51-47)40-22-10-14-26-45(40)54-44-25-13-9-21-39(44)41-30-35-29-36(28-27-34(35)31-46(41)54)53-42-23-11-7-19-37(42)38-20-8-12-24-43(38)53/h1,3-5,7,9-11,13-19,21-23,25-28,30-31,35,47-52H,2,6,8,12,20,24,29H2. The Balaban J connectivity index is 1.04. The van der Waals surface area contributed by atoms with E-state index in [0.717, 1.165) is 25.7 Å². The maximum absolute atomic E-state index is 3.97. The molecule has 6 aromatic rings. The molecule has 3 heterocycles. The molecule has 5 nitrogen and oxygen atoms in total. The summed E-state index contributed by atoms with van der Waals surface area (Å²) < 4.78 is 5.13. The fourth-order valence-electron chi connectivity index (χ4n) is 9.88. The van der Waals surface area contributed by atoms with Crippen LogP contribution in [-0.4, -0.2) is 15.3 Å². The van der Waals surface area contributed by atoms with Crippen LogP contribution >= 0.6 is 0 Å². The lowest BCUT2D eigenvalue weighted by Gasteiger charge is -2.41. The summed E-state index contributed by atoms with van der Waals surface area (Å²) in [5.74, 6) is 0.323. The maximum Gasteiger partial charge on any atom is 0.0885 e. The summed E-state index contributed by atoms with van der Waals surface area (Å²) in [5.41, 5.74) is 13.5. The summed E-state index contributed by atoms with van der Waals surface area (Å²) in [7, 11) is 0. The van der Waals surface area contributed by atoms with Crippen molar-refractivity contribution in [1.29, 1.82) is 0 Å². The Morgan fingerprint density at radius 1 is 0.611 bits per heavy atom.